The van der Waals surface area contributed by atoms with Crippen LogP contribution in [0.2, 0.25) is 0 Å². The van der Waals surface area contributed by atoms with Crippen molar-refractivity contribution in [2.75, 3.05) is 5.32 Å². The maximum absolute atomic E-state index is 12.9. The van der Waals surface area contributed by atoms with Gasteiger partial charge in [-0.25, -0.2) is 9.18 Å². The summed E-state index contributed by atoms with van der Waals surface area (Å²) >= 11 is 0. The molecule has 1 rings (SSSR count). The van der Waals surface area contributed by atoms with Gasteiger partial charge >= 0.3 is 5.97 Å². The molecule has 0 spiro atoms. The Balaban J connectivity index is 3.04. The summed E-state index contributed by atoms with van der Waals surface area (Å²) in [5, 5.41) is 11.8. The SMILES string of the molecule is C#CC(CC)Nc1ccc(F)cc1C(=O)O. The first-order chi connectivity index (χ1) is 7.58. The standard InChI is InChI=1S/C12H12FNO2/c1-3-9(4-2)14-11-6-5-8(13)7-10(11)12(15)16/h1,5-7,9,14H,4H2,2H3,(H,15,16). The van der Waals surface area contributed by atoms with E-state index in [4.69, 9.17) is 11.5 Å². The van der Waals surface area contributed by atoms with E-state index in [1.165, 1.54) is 12.1 Å². The molecular formula is C12H12FNO2. The van der Waals surface area contributed by atoms with Gasteiger partial charge in [-0.1, -0.05) is 12.8 Å². The molecule has 2 N–H and O–H groups in total. The average Bonchev–Trinajstić information content (AvgIpc) is 2.27. The van der Waals surface area contributed by atoms with Crippen LogP contribution in [0.15, 0.2) is 18.2 Å². The number of terminal acetylenes is 1. The van der Waals surface area contributed by atoms with Crippen molar-refractivity contribution < 1.29 is 14.3 Å². The Hall–Kier alpha value is -2.02. The Bertz CT molecular complexity index is 437. The second-order valence-electron chi connectivity index (χ2n) is 3.27. The van der Waals surface area contributed by atoms with Crippen LogP contribution in [-0.4, -0.2) is 17.1 Å². The van der Waals surface area contributed by atoms with E-state index in [1.54, 1.807) is 0 Å². The van der Waals surface area contributed by atoms with Crippen molar-refractivity contribution in [3.63, 3.8) is 0 Å². The number of carbonyl (C=O) groups is 1. The highest BCUT2D eigenvalue weighted by molar-refractivity contribution is 5.94. The number of carboxylic acid groups (broad SMARTS) is 1. The molecule has 1 aromatic carbocycles. The fourth-order valence-electron chi connectivity index (χ4n) is 1.27. The lowest BCUT2D eigenvalue weighted by Crippen LogP contribution is -2.18. The van der Waals surface area contributed by atoms with E-state index < -0.39 is 11.8 Å². The zero-order valence-corrected chi connectivity index (χ0v) is 8.83. The molecule has 0 aliphatic rings. The smallest absolute Gasteiger partial charge is 0.337 e. The first kappa shape index (κ1) is 12.1. The predicted octanol–water partition coefficient (Wildman–Crippen LogP) is 2.35. The maximum atomic E-state index is 12.9. The first-order valence-electron chi connectivity index (χ1n) is 4.84. The molecule has 16 heavy (non-hydrogen) atoms. The molecule has 0 heterocycles. The first-order valence-corrected chi connectivity index (χ1v) is 4.84. The van der Waals surface area contributed by atoms with E-state index in [0.29, 0.717) is 12.1 Å². The van der Waals surface area contributed by atoms with Gasteiger partial charge in [0.2, 0.25) is 0 Å². The number of aromatic carboxylic acids is 1. The molecule has 0 aliphatic heterocycles. The van der Waals surface area contributed by atoms with Gasteiger partial charge in [0.15, 0.2) is 0 Å². The van der Waals surface area contributed by atoms with Gasteiger partial charge in [-0.05, 0) is 24.6 Å². The van der Waals surface area contributed by atoms with Gasteiger partial charge in [0.25, 0.3) is 0 Å². The van der Waals surface area contributed by atoms with Gasteiger partial charge in [-0.3, -0.25) is 0 Å². The number of benzene rings is 1. The molecule has 0 radical (unpaired) electrons. The fourth-order valence-corrected chi connectivity index (χ4v) is 1.27. The van der Waals surface area contributed by atoms with Crippen LogP contribution in [0.3, 0.4) is 0 Å². The molecule has 1 aromatic rings. The van der Waals surface area contributed by atoms with Crippen molar-refractivity contribution in [2.45, 2.75) is 19.4 Å². The fraction of sp³-hybridized carbons (Fsp3) is 0.250. The van der Waals surface area contributed by atoms with Crippen molar-refractivity contribution in [3.05, 3.63) is 29.6 Å². The molecule has 0 aliphatic carbocycles. The van der Waals surface area contributed by atoms with Crippen LogP contribution in [-0.2, 0) is 0 Å². The average molecular weight is 221 g/mol. The zero-order valence-electron chi connectivity index (χ0n) is 8.83. The quantitative estimate of drug-likeness (QED) is 0.767. The second kappa shape index (κ2) is 5.17. The zero-order chi connectivity index (χ0) is 12.1. The van der Waals surface area contributed by atoms with Crippen molar-refractivity contribution in [1.29, 1.82) is 0 Å². The Morgan fingerprint density at radius 3 is 2.88 bits per heavy atom. The molecule has 0 saturated carbocycles. The van der Waals surface area contributed by atoms with Crippen molar-refractivity contribution in [2.24, 2.45) is 0 Å². The minimum atomic E-state index is -1.19. The molecule has 0 bridgehead atoms. The topological polar surface area (TPSA) is 49.3 Å². The van der Waals surface area contributed by atoms with E-state index in [0.717, 1.165) is 6.07 Å². The Morgan fingerprint density at radius 1 is 1.69 bits per heavy atom. The minimum Gasteiger partial charge on any atom is -0.478 e. The van der Waals surface area contributed by atoms with Gasteiger partial charge in [-0.2, -0.15) is 0 Å². The van der Waals surface area contributed by atoms with Gasteiger partial charge < -0.3 is 10.4 Å². The number of rotatable bonds is 4. The van der Waals surface area contributed by atoms with Crippen LogP contribution in [0.1, 0.15) is 23.7 Å². The minimum absolute atomic E-state index is 0.117. The maximum Gasteiger partial charge on any atom is 0.337 e. The Morgan fingerprint density at radius 2 is 2.38 bits per heavy atom. The molecule has 3 nitrogen and oxygen atoms in total. The van der Waals surface area contributed by atoms with Crippen molar-refractivity contribution >= 4 is 11.7 Å². The number of hydrogen-bond donors (Lipinski definition) is 2. The van der Waals surface area contributed by atoms with Crippen LogP contribution < -0.4 is 5.32 Å². The van der Waals surface area contributed by atoms with E-state index in [-0.39, 0.29) is 11.6 Å². The molecule has 0 fully saturated rings. The highest BCUT2D eigenvalue weighted by atomic mass is 19.1. The number of halogens is 1. The van der Waals surface area contributed by atoms with Crippen molar-refractivity contribution in [3.8, 4) is 12.3 Å². The van der Waals surface area contributed by atoms with Crippen LogP contribution in [0, 0.1) is 18.2 Å². The lowest BCUT2D eigenvalue weighted by molar-refractivity contribution is 0.0697. The van der Waals surface area contributed by atoms with Gasteiger partial charge in [0.05, 0.1) is 11.6 Å². The van der Waals surface area contributed by atoms with E-state index in [1.807, 2.05) is 6.92 Å². The summed E-state index contributed by atoms with van der Waals surface area (Å²) in [6, 6.07) is 3.27. The number of hydrogen-bond acceptors (Lipinski definition) is 2. The van der Waals surface area contributed by atoms with E-state index >= 15 is 0 Å². The second-order valence-corrected chi connectivity index (χ2v) is 3.27. The largest absolute Gasteiger partial charge is 0.478 e. The summed E-state index contributed by atoms with van der Waals surface area (Å²) in [6.07, 6.45) is 5.91. The summed E-state index contributed by atoms with van der Waals surface area (Å²) in [7, 11) is 0. The van der Waals surface area contributed by atoms with Crippen LogP contribution in [0.4, 0.5) is 10.1 Å². The van der Waals surface area contributed by atoms with Crippen LogP contribution in [0.25, 0.3) is 0 Å². The third-order valence-electron chi connectivity index (χ3n) is 2.15. The summed E-state index contributed by atoms with van der Waals surface area (Å²) in [6.45, 7) is 1.88. The van der Waals surface area contributed by atoms with E-state index in [9.17, 15) is 9.18 Å². The number of carboxylic acids is 1. The predicted molar refractivity (Wildman–Crippen MR) is 59.9 cm³/mol. The molecule has 4 heteroatoms. The highest BCUT2D eigenvalue weighted by Crippen LogP contribution is 2.18. The highest BCUT2D eigenvalue weighted by Gasteiger charge is 2.13. The Labute approximate surface area is 93.3 Å². The number of nitrogens with one attached hydrogen (secondary N) is 1. The summed E-state index contributed by atoms with van der Waals surface area (Å²) in [4.78, 5) is 10.9. The number of anilines is 1. The summed E-state index contributed by atoms with van der Waals surface area (Å²) < 4.78 is 12.9. The third kappa shape index (κ3) is 2.74. The third-order valence-corrected chi connectivity index (χ3v) is 2.15. The van der Waals surface area contributed by atoms with Crippen LogP contribution >= 0.6 is 0 Å². The lowest BCUT2D eigenvalue weighted by Gasteiger charge is -2.14. The molecule has 0 amide bonds. The normalized spacial score (nSPS) is 11.6. The molecule has 1 atom stereocenters. The molecule has 0 saturated heterocycles. The molecule has 1 unspecified atom stereocenters. The van der Waals surface area contributed by atoms with Gasteiger partial charge in [-0.15, -0.1) is 6.42 Å². The monoisotopic (exact) mass is 221 g/mol. The molecule has 84 valence electrons. The lowest BCUT2D eigenvalue weighted by atomic mass is 10.1. The summed E-state index contributed by atoms with van der Waals surface area (Å²) in [5.41, 5.74) is 0.215. The van der Waals surface area contributed by atoms with Crippen LogP contribution in [0.5, 0.6) is 0 Å². The summed E-state index contributed by atoms with van der Waals surface area (Å²) in [5.74, 6) is 0.711. The van der Waals surface area contributed by atoms with Gasteiger partial charge in [0.1, 0.15) is 5.82 Å². The van der Waals surface area contributed by atoms with E-state index in [2.05, 4.69) is 11.2 Å². The molecular weight excluding hydrogens is 209 g/mol. The van der Waals surface area contributed by atoms with Crippen molar-refractivity contribution in [1.82, 2.24) is 0 Å². The Kier molecular flexibility index (Phi) is 3.90. The van der Waals surface area contributed by atoms with Gasteiger partial charge in [0, 0.05) is 5.69 Å². The molecule has 0 aromatic heterocycles.